The topological polar surface area (TPSA) is 121 Å². The van der Waals surface area contributed by atoms with Crippen molar-refractivity contribution in [3.05, 3.63) is 167 Å². The number of hydrogen-bond donors (Lipinski definition) is 4. The molecule has 4 N–H and O–H groups in total. The molecule has 0 fully saturated rings. The Morgan fingerprint density at radius 1 is 0.426 bits per heavy atom. The van der Waals surface area contributed by atoms with E-state index in [1.807, 2.05) is 30.3 Å². The van der Waals surface area contributed by atoms with Gasteiger partial charge in [-0.25, -0.2) is 9.97 Å². The molecule has 4 aromatic carbocycles. The second-order valence-electron chi connectivity index (χ2n) is 11.6. The van der Waals surface area contributed by atoms with E-state index in [4.69, 9.17) is 21.6 Å². The monoisotopic (exact) mass is 768 g/mol. The molecule has 6 aromatic rings. The molecule has 2 heterocycles. The maximum absolute atomic E-state index is 13.7. The first-order valence-corrected chi connectivity index (χ1v) is 17.5. The Kier molecular flexibility index (Phi) is 11.0. The Morgan fingerprint density at radius 3 is 1.26 bits per heavy atom. The second kappa shape index (κ2) is 15.6. The van der Waals surface area contributed by atoms with Gasteiger partial charge in [-0.05, 0) is 89.2 Å². The lowest BCUT2D eigenvalue weighted by Crippen LogP contribution is -2.09. The zero-order chi connectivity index (χ0) is 38.6. The zero-order valence-electron chi connectivity index (χ0n) is 27.7. The van der Waals surface area contributed by atoms with Crippen molar-refractivity contribution in [3.8, 4) is 33.6 Å². The SMILES string of the molecule is N=C(SC(=N)c1cccc(-c2ccccc2C(F)(F)F)n1)c1cc(C(=N)SC(=N)c2cccc(-c3ccccc3C(F)(F)F)n2)cc(-c2ccccc2)c1. The summed E-state index contributed by atoms with van der Waals surface area (Å²) in [5.74, 6) is 0. The van der Waals surface area contributed by atoms with Crippen LogP contribution in [0.3, 0.4) is 0 Å². The van der Waals surface area contributed by atoms with E-state index in [2.05, 4.69) is 9.97 Å². The minimum Gasteiger partial charge on any atom is -0.293 e. The quantitative estimate of drug-likeness (QED) is 0.0734. The molecule has 0 saturated heterocycles. The summed E-state index contributed by atoms with van der Waals surface area (Å²) < 4.78 is 82.3. The van der Waals surface area contributed by atoms with E-state index in [9.17, 15) is 26.3 Å². The molecule has 0 saturated carbocycles. The number of alkyl halides is 6. The van der Waals surface area contributed by atoms with Gasteiger partial charge in [0.25, 0.3) is 0 Å². The third-order valence-electron chi connectivity index (χ3n) is 7.95. The highest BCUT2D eigenvalue weighted by molar-refractivity contribution is 8.27. The van der Waals surface area contributed by atoms with Crippen LogP contribution in [-0.2, 0) is 12.4 Å². The number of nitrogens with zero attached hydrogens (tertiary/aromatic N) is 2. The standard InChI is InChI=1S/C40H26F6N6S2/c41-39(42,43)29-14-6-4-12-27(29)31-16-8-18-33(51-31)37(49)53-35(47)25-20-24(23-10-2-1-3-11-23)21-26(22-25)36(48)54-38(50)34-19-9-17-32(52-34)28-13-5-7-15-30(28)40(44,45)46/h1-22,47-50H. The van der Waals surface area contributed by atoms with E-state index in [-0.39, 0.29) is 54.1 Å². The van der Waals surface area contributed by atoms with Crippen molar-refractivity contribution in [1.82, 2.24) is 9.97 Å². The fourth-order valence-electron chi connectivity index (χ4n) is 5.44. The van der Waals surface area contributed by atoms with E-state index < -0.39 is 23.5 Å². The smallest absolute Gasteiger partial charge is 0.293 e. The van der Waals surface area contributed by atoms with Gasteiger partial charge in [0.05, 0.1) is 33.9 Å². The molecule has 0 amide bonds. The highest BCUT2D eigenvalue weighted by atomic mass is 32.2. The molecule has 0 unspecified atom stereocenters. The summed E-state index contributed by atoms with van der Waals surface area (Å²) in [7, 11) is 0. The second-order valence-corrected chi connectivity index (χ2v) is 13.6. The van der Waals surface area contributed by atoms with Crippen LogP contribution in [0.15, 0.2) is 133 Å². The van der Waals surface area contributed by atoms with Crippen LogP contribution >= 0.6 is 23.5 Å². The predicted molar refractivity (Wildman–Crippen MR) is 204 cm³/mol. The highest BCUT2D eigenvalue weighted by Crippen LogP contribution is 2.38. The summed E-state index contributed by atoms with van der Waals surface area (Å²) >= 11 is 1.46. The fraction of sp³-hybridized carbons (Fsp3) is 0.0500. The summed E-state index contributed by atoms with van der Waals surface area (Å²) in [6, 6.07) is 32.9. The van der Waals surface area contributed by atoms with E-state index in [0.29, 0.717) is 16.7 Å². The minimum atomic E-state index is -4.62. The summed E-state index contributed by atoms with van der Waals surface area (Å²) in [4.78, 5) is 8.63. The first kappa shape index (κ1) is 37.9. The lowest BCUT2D eigenvalue weighted by molar-refractivity contribution is -0.137. The molecule has 0 aliphatic rings. The van der Waals surface area contributed by atoms with Gasteiger partial charge in [0.15, 0.2) is 0 Å². The lowest BCUT2D eigenvalue weighted by Gasteiger charge is -2.14. The van der Waals surface area contributed by atoms with Gasteiger partial charge in [0.1, 0.15) is 20.2 Å². The highest BCUT2D eigenvalue weighted by Gasteiger charge is 2.34. The maximum Gasteiger partial charge on any atom is 0.417 e. The molecule has 0 radical (unpaired) electrons. The largest absolute Gasteiger partial charge is 0.417 e. The van der Waals surface area contributed by atoms with Crippen LogP contribution in [0.4, 0.5) is 26.3 Å². The molecule has 0 bridgehead atoms. The molecule has 0 aliphatic heterocycles. The van der Waals surface area contributed by atoms with E-state index in [1.165, 1.54) is 72.8 Å². The number of halogens is 6. The first-order valence-electron chi connectivity index (χ1n) is 15.9. The molecular weight excluding hydrogens is 743 g/mol. The normalized spacial score (nSPS) is 11.6. The number of benzene rings is 4. The van der Waals surface area contributed by atoms with Crippen LogP contribution in [0.25, 0.3) is 33.6 Å². The number of nitrogens with one attached hydrogen (secondary N) is 4. The van der Waals surface area contributed by atoms with Crippen molar-refractivity contribution in [3.63, 3.8) is 0 Å². The maximum atomic E-state index is 13.7. The molecule has 6 rings (SSSR count). The van der Waals surface area contributed by atoms with Crippen molar-refractivity contribution < 1.29 is 26.3 Å². The Balaban J connectivity index is 1.26. The van der Waals surface area contributed by atoms with Crippen LogP contribution in [0.2, 0.25) is 0 Å². The van der Waals surface area contributed by atoms with Crippen LogP contribution < -0.4 is 0 Å². The van der Waals surface area contributed by atoms with Crippen LogP contribution in [-0.4, -0.2) is 30.1 Å². The molecule has 0 spiro atoms. The Bertz CT molecular complexity index is 2270. The lowest BCUT2D eigenvalue weighted by atomic mass is 10.0. The molecule has 6 nitrogen and oxygen atoms in total. The minimum absolute atomic E-state index is 0.0168. The van der Waals surface area contributed by atoms with Gasteiger partial charge >= 0.3 is 12.4 Å². The van der Waals surface area contributed by atoms with Crippen LogP contribution in [0.5, 0.6) is 0 Å². The van der Waals surface area contributed by atoms with Gasteiger partial charge < -0.3 is 0 Å². The van der Waals surface area contributed by atoms with Gasteiger partial charge in [0, 0.05) is 22.3 Å². The van der Waals surface area contributed by atoms with Crippen LogP contribution in [0.1, 0.15) is 33.6 Å². The van der Waals surface area contributed by atoms with Crippen LogP contribution in [0, 0.1) is 21.6 Å². The zero-order valence-corrected chi connectivity index (χ0v) is 29.3. The predicted octanol–water partition coefficient (Wildman–Crippen LogP) is 11.7. The number of thioether (sulfide) groups is 2. The fourth-order valence-corrected chi connectivity index (χ4v) is 6.76. The average molecular weight is 769 g/mol. The van der Waals surface area contributed by atoms with E-state index in [0.717, 1.165) is 41.2 Å². The van der Waals surface area contributed by atoms with Crippen molar-refractivity contribution in [2.45, 2.75) is 12.4 Å². The third-order valence-corrected chi connectivity index (χ3v) is 9.66. The first-order chi connectivity index (χ1) is 25.7. The number of hydrogen-bond acceptors (Lipinski definition) is 8. The molecule has 0 atom stereocenters. The molecule has 54 heavy (non-hydrogen) atoms. The molecule has 270 valence electrons. The summed E-state index contributed by atoms with van der Waals surface area (Å²) in [6.45, 7) is 0. The van der Waals surface area contributed by atoms with Gasteiger partial charge in [-0.1, -0.05) is 78.9 Å². The van der Waals surface area contributed by atoms with E-state index >= 15 is 0 Å². The van der Waals surface area contributed by atoms with Crippen molar-refractivity contribution >= 4 is 43.7 Å². The Morgan fingerprint density at radius 2 is 0.833 bits per heavy atom. The van der Waals surface area contributed by atoms with Crippen molar-refractivity contribution in [2.24, 2.45) is 0 Å². The molecule has 0 aliphatic carbocycles. The van der Waals surface area contributed by atoms with Gasteiger partial charge in [-0.3, -0.25) is 21.6 Å². The number of rotatable bonds is 7. The Labute approximate surface area is 313 Å². The Hall–Kier alpha value is -5.86. The molecular formula is C40H26F6N6S2. The average Bonchev–Trinajstić information content (AvgIpc) is 3.17. The number of aromatic nitrogens is 2. The summed E-state index contributed by atoms with van der Waals surface area (Å²) in [5.41, 5.74) is 0.162. The summed E-state index contributed by atoms with van der Waals surface area (Å²) in [6.07, 6.45) is -9.23. The van der Waals surface area contributed by atoms with Gasteiger partial charge in [-0.2, -0.15) is 26.3 Å². The van der Waals surface area contributed by atoms with Crippen molar-refractivity contribution in [2.75, 3.05) is 0 Å². The number of pyridine rings is 2. The molecule has 14 heteroatoms. The third kappa shape index (κ3) is 8.67. The summed E-state index contributed by atoms with van der Waals surface area (Å²) in [5, 5.41) is 34.7. The van der Waals surface area contributed by atoms with Gasteiger partial charge in [0.2, 0.25) is 0 Å². The van der Waals surface area contributed by atoms with E-state index in [1.54, 1.807) is 18.2 Å². The van der Waals surface area contributed by atoms with Gasteiger partial charge in [-0.15, -0.1) is 0 Å². The molecule has 2 aromatic heterocycles. The van der Waals surface area contributed by atoms with Crippen molar-refractivity contribution in [1.29, 1.82) is 21.6 Å².